The van der Waals surface area contributed by atoms with Crippen molar-refractivity contribution in [2.24, 2.45) is 0 Å². The summed E-state index contributed by atoms with van der Waals surface area (Å²) in [6, 6.07) is 9.49. The van der Waals surface area contributed by atoms with Gasteiger partial charge in [-0.3, -0.25) is 0 Å². The van der Waals surface area contributed by atoms with E-state index in [1.807, 2.05) is 30.3 Å². The number of hydrogen-bond donors (Lipinski definition) is 1. The predicted octanol–water partition coefficient (Wildman–Crippen LogP) is 0.0225. The second-order valence-electron chi connectivity index (χ2n) is 1.90. The summed E-state index contributed by atoms with van der Waals surface area (Å²) in [6.07, 6.45) is 0. The van der Waals surface area contributed by atoms with Crippen molar-refractivity contribution in [3.05, 3.63) is 30.3 Å². The summed E-state index contributed by atoms with van der Waals surface area (Å²) in [4.78, 5) is 8.89. The van der Waals surface area contributed by atoms with Crippen LogP contribution in [0.3, 0.4) is 0 Å². The zero-order valence-corrected chi connectivity index (χ0v) is 8.06. The minimum Gasteiger partial charge on any atom is -0.550 e. The molecule has 0 radical (unpaired) electrons. The van der Waals surface area contributed by atoms with E-state index in [-0.39, 0.29) is 22.4 Å². The van der Waals surface area contributed by atoms with Crippen LogP contribution < -0.4 is 10.8 Å². The second kappa shape index (κ2) is 8.33. The van der Waals surface area contributed by atoms with Crippen LogP contribution in [0.5, 0.6) is 0 Å². The van der Waals surface area contributed by atoms with Gasteiger partial charge in [0.15, 0.2) is 0 Å². The van der Waals surface area contributed by atoms with E-state index in [0.717, 1.165) is 12.6 Å². The van der Waals surface area contributed by atoms with Crippen molar-refractivity contribution in [3.63, 3.8) is 0 Å². The van der Waals surface area contributed by atoms with Gasteiger partial charge in [-0.05, 0) is 19.1 Å². The standard InChI is InChI=1S/C6H7N.C2H4O2.Ag/c7-6-4-2-1-3-5-6;1-2(3)4;/h1-5H,7H2;1H3,(H,3,4);/q;;+1/p-1. The maximum absolute atomic E-state index is 8.89. The first-order chi connectivity index (χ1) is 5.13. The van der Waals surface area contributed by atoms with Crippen LogP contribution in [0.1, 0.15) is 6.92 Å². The predicted molar refractivity (Wildman–Crippen MR) is 41.5 cm³/mol. The number of anilines is 1. The summed E-state index contributed by atoms with van der Waals surface area (Å²) in [5, 5.41) is 8.89. The quantitative estimate of drug-likeness (QED) is 0.528. The second-order valence-corrected chi connectivity index (χ2v) is 1.90. The summed E-state index contributed by atoms with van der Waals surface area (Å²) < 4.78 is 0. The minimum absolute atomic E-state index is 0. The van der Waals surface area contributed by atoms with E-state index in [2.05, 4.69) is 0 Å². The molecule has 0 saturated heterocycles. The fourth-order valence-corrected chi connectivity index (χ4v) is 0.453. The van der Waals surface area contributed by atoms with Crippen molar-refractivity contribution < 1.29 is 32.3 Å². The summed E-state index contributed by atoms with van der Waals surface area (Å²) in [7, 11) is 0. The molecule has 0 fully saturated rings. The van der Waals surface area contributed by atoms with Crippen molar-refractivity contribution in [2.75, 3.05) is 5.73 Å². The molecule has 0 aliphatic rings. The molecule has 0 unspecified atom stereocenters. The molecular formula is C8H10AgNO2. The Morgan fingerprint density at radius 1 is 1.33 bits per heavy atom. The van der Waals surface area contributed by atoms with E-state index in [1.165, 1.54) is 0 Å². The minimum atomic E-state index is -1.08. The van der Waals surface area contributed by atoms with Gasteiger partial charge in [0.2, 0.25) is 0 Å². The van der Waals surface area contributed by atoms with Gasteiger partial charge in [0.1, 0.15) is 0 Å². The van der Waals surface area contributed by atoms with Crippen LogP contribution in [-0.4, -0.2) is 5.97 Å². The molecule has 0 spiro atoms. The van der Waals surface area contributed by atoms with Gasteiger partial charge >= 0.3 is 22.4 Å². The largest absolute Gasteiger partial charge is 1.00 e. The maximum atomic E-state index is 8.89. The van der Waals surface area contributed by atoms with Crippen LogP contribution in [0.4, 0.5) is 5.69 Å². The molecule has 0 aromatic heterocycles. The summed E-state index contributed by atoms with van der Waals surface area (Å²) in [5.41, 5.74) is 6.18. The number of carbonyl (C=O) groups excluding carboxylic acids is 1. The van der Waals surface area contributed by atoms with Crippen LogP contribution in [0, 0.1) is 0 Å². The van der Waals surface area contributed by atoms with Gasteiger partial charge < -0.3 is 15.6 Å². The van der Waals surface area contributed by atoms with E-state index in [1.54, 1.807) is 0 Å². The van der Waals surface area contributed by atoms with E-state index < -0.39 is 5.97 Å². The molecule has 1 aromatic carbocycles. The summed E-state index contributed by atoms with van der Waals surface area (Å²) in [5.74, 6) is -1.08. The van der Waals surface area contributed by atoms with Crippen LogP contribution in [0.25, 0.3) is 0 Å². The molecule has 0 aliphatic carbocycles. The molecule has 0 heterocycles. The molecule has 2 N–H and O–H groups in total. The van der Waals surface area contributed by atoms with Gasteiger partial charge in [0.25, 0.3) is 0 Å². The smallest absolute Gasteiger partial charge is 0.550 e. The Kier molecular flexibility index (Phi) is 9.57. The van der Waals surface area contributed by atoms with Gasteiger partial charge in [-0.25, -0.2) is 0 Å². The van der Waals surface area contributed by atoms with Gasteiger partial charge in [-0.15, -0.1) is 0 Å². The fourth-order valence-electron chi connectivity index (χ4n) is 0.453. The van der Waals surface area contributed by atoms with Crippen LogP contribution in [0.2, 0.25) is 0 Å². The average Bonchev–Trinajstić information content (AvgIpc) is 1.87. The first-order valence-corrected chi connectivity index (χ1v) is 3.11. The average molecular weight is 260 g/mol. The van der Waals surface area contributed by atoms with E-state index in [9.17, 15) is 0 Å². The van der Waals surface area contributed by atoms with Crippen LogP contribution in [0.15, 0.2) is 30.3 Å². The Bertz CT molecular complexity index is 210. The number of carbonyl (C=O) groups is 1. The van der Waals surface area contributed by atoms with Gasteiger partial charge in [0, 0.05) is 11.7 Å². The molecule has 70 valence electrons. The van der Waals surface area contributed by atoms with Gasteiger partial charge in [-0.2, -0.15) is 0 Å². The zero-order valence-electron chi connectivity index (χ0n) is 6.58. The van der Waals surface area contributed by atoms with Gasteiger partial charge in [0.05, 0.1) is 0 Å². The number of carboxylic acids is 1. The summed E-state index contributed by atoms with van der Waals surface area (Å²) in [6.45, 7) is 0.972. The van der Waals surface area contributed by atoms with E-state index in [0.29, 0.717) is 0 Å². The number of hydrogen-bond acceptors (Lipinski definition) is 3. The fraction of sp³-hybridized carbons (Fsp3) is 0.125. The van der Waals surface area contributed by atoms with Crippen LogP contribution in [-0.2, 0) is 27.2 Å². The number of nitrogen functional groups attached to an aromatic ring is 1. The molecule has 12 heavy (non-hydrogen) atoms. The van der Waals surface area contributed by atoms with Crippen molar-refractivity contribution in [3.8, 4) is 0 Å². The van der Waals surface area contributed by atoms with Crippen LogP contribution >= 0.6 is 0 Å². The van der Waals surface area contributed by atoms with Crippen molar-refractivity contribution in [2.45, 2.75) is 6.92 Å². The maximum Gasteiger partial charge on any atom is 1.00 e. The molecule has 0 aliphatic heterocycles. The zero-order chi connectivity index (χ0) is 8.69. The number of para-hydroxylation sites is 1. The third kappa shape index (κ3) is 12.0. The Morgan fingerprint density at radius 2 is 1.67 bits per heavy atom. The van der Waals surface area contributed by atoms with E-state index >= 15 is 0 Å². The molecule has 4 heteroatoms. The first kappa shape index (κ1) is 13.8. The monoisotopic (exact) mass is 259 g/mol. The topological polar surface area (TPSA) is 66.1 Å². The Hall–Kier alpha value is -0.770. The first-order valence-electron chi connectivity index (χ1n) is 3.11. The number of benzene rings is 1. The van der Waals surface area contributed by atoms with Gasteiger partial charge in [-0.1, -0.05) is 18.2 Å². The number of aliphatic carboxylic acids is 1. The Balaban J connectivity index is 0. The van der Waals surface area contributed by atoms with Crippen molar-refractivity contribution in [1.82, 2.24) is 0 Å². The third-order valence-corrected chi connectivity index (χ3v) is 0.800. The SMILES string of the molecule is CC(=O)[O-].Nc1ccccc1.[Ag+]. The van der Waals surface area contributed by atoms with E-state index in [4.69, 9.17) is 15.6 Å². The van der Waals surface area contributed by atoms with Crippen molar-refractivity contribution >= 4 is 11.7 Å². The Morgan fingerprint density at radius 3 is 1.83 bits per heavy atom. The molecular weight excluding hydrogens is 250 g/mol. The number of nitrogens with two attached hydrogens (primary N) is 1. The molecule has 0 amide bonds. The number of rotatable bonds is 0. The number of carboxylic acid groups (broad SMARTS) is 1. The van der Waals surface area contributed by atoms with Crippen molar-refractivity contribution in [1.29, 1.82) is 0 Å². The molecule has 1 aromatic rings. The third-order valence-electron chi connectivity index (χ3n) is 0.800. The summed E-state index contributed by atoms with van der Waals surface area (Å²) >= 11 is 0. The molecule has 0 atom stereocenters. The Labute approximate surface area is 87.1 Å². The molecule has 0 saturated carbocycles. The molecule has 0 bridgehead atoms. The molecule has 1 rings (SSSR count). The normalized spacial score (nSPS) is 7.08. The molecule has 3 nitrogen and oxygen atoms in total.